The topological polar surface area (TPSA) is 25.8 Å². The van der Waals surface area contributed by atoms with Crippen molar-refractivity contribution in [2.75, 3.05) is 0 Å². The molecule has 14 heavy (non-hydrogen) atoms. The maximum atomic E-state index is 5.76. The molecule has 2 nitrogen and oxygen atoms in total. The summed E-state index contributed by atoms with van der Waals surface area (Å²) in [6.45, 7) is 0. The molecule has 0 amide bonds. The molecule has 0 aromatic carbocycles. The summed E-state index contributed by atoms with van der Waals surface area (Å²) in [4.78, 5) is 8.23. The lowest BCUT2D eigenvalue weighted by atomic mass is 10.2. The first-order valence-corrected chi connectivity index (χ1v) is 4.77. The van der Waals surface area contributed by atoms with Gasteiger partial charge in [-0.25, -0.2) is 9.97 Å². The molecule has 1 aliphatic rings. The van der Waals surface area contributed by atoms with Crippen LogP contribution in [0, 0.1) is 0 Å². The number of rotatable bonds is 0. The highest BCUT2D eigenvalue weighted by Gasteiger charge is 2.06. The largest absolute Gasteiger partial charge is 0.231 e. The second kappa shape index (κ2) is 3.95. The van der Waals surface area contributed by atoms with Crippen LogP contribution in [0.4, 0.5) is 0 Å². The molecule has 2 rings (SSSR count). The van der Waals surface area contributed by atoms with Gasteiger partial charge in [0.1, 0.15) is 0 Å². The maximum Gasteiger partial charge on any atom is 0.167 e. The number of fused-ring (bicyclic) bond motifs is 1. The first kappa shape index (κ1) is 9.44. The van der Waals surface area contributed by atoms with Gasteiger partial charge >= 0.3 is 0 Å². The quantitative estimate of drug-likeness (QED) is 0.676. The molecule has 0 bridgehead atoms. The molecule has 0 saturated heterocycles. The van der Waals surface area contributed by atoms with Gasteiger partial charge in [0.2, 0.25) is 0 Å². The summed E-state index contributed by atoms with van der Waals surface area (Å²) in [5.74, 6) is 0. The molecule has 4 heteroatoms. The van der Waals surface area contributed by atoms with Gasteiger partial charge in [0.25, 0.3) is 0 Å². The van der Waals surface area contributed by atoms with Gasteiger partial charge in [-0.1, -0.05) is 47.5 Å². The minimum Gasteiger partial charge on any atom is -0.231 e. The van der Waals surface area contributed by atoms with Crippen molar-refractivity contribution in [1.82, 2.24) is 9.97 Å². The second-order valence-electron chi connectivity index (χ2n) is 2.68. The fraction of sp³-hybridized carbons (Fsp3) is 0. The molecule has 1 aromatic heterocycles. The van der Waals surface area contributed by atoms with Crippen molar-refractivity contribution in [2.24, 2.45) is 0 Å². The Morgan fingerprint density at radius 3 is 1.57 bits per heavy atom. The van der Waals surface area contributed by atoms with Crippen LogP contribution in [0.25, 0.3) is 12.2 Å². The Bertz CT molecular complexity index is 407. The average molecular weight is 225 g/mol. The lowest BCUT2D eigenvalue weighted by molar-refractivity contribution is 1.16. The Balaban J connectivity index is 2.60. The summed E-state index contributed by atoms with van der Waals surface area (Å²) in [6.07, 6.45) is 11.2. The van der Waals surface area contributed by atoms with E-state index in [4.69, 9.17) is 23.2 Å². The first-order chi connectivity index (χ1) is 6.77. The zero-order valence-corrected chi connectivity index (χ0v) is 8.63. The Labute approximate surface area is 91.6 Å². The molecule has 0 spiro atoms. The van der Waals surface area contributed by atoms with E-state index in [2.05, 4.69) is 9.97 Å². The van der Waals surface area contributed by atoms with Crippen LogP contribution in [0.5, 0.6) is 0 Å². The van der Waals surface area contributed by atoms with E-state index in [-0.39, 0.29) is 10.3 Å². The predicted molar refractivity (Wildman–Crippen MR) is 59.3 cm³/mol. The van der Waals surface area contributed by atoms with Crippen molar-refractivity contribution in [1.29, 1.82) is 0 Å². The van der Waals surface area contributed by atoms with E-state index in [0.717, 1.165) is 11.4 Å². The van der Waals surface area contributed by atoms with Crippen molar-refractivity contribution in [3.8, 4) is 0 Å². The Kier molecular flexibility index (Phi) is 2.66. The third kappa shape index (κ3) is 1.86. The van der Waals surface area contributed by atoms with Gasteiger partial charge in [0.15, 0.2) is 10.3 Å². The van der Waals surface area contributed by atoms with E-state index in [1.54, 1.807) is 0 Å². The third-order valence-electron chi connectivity index (χ3n) is 1.71. The molecule has 0 N–H and O–H groups in total. The van der Waals surface area contributed by atoms with E-state index < -0.39 is 0 Å². The van der Waals surface area contributed by atoms with Gasteiger partial charge in [0.05, 0.1) is 11.4 Å². The van der Waals surface area contributed by atoms with Crippen molar-refractivity contribution >= 4 is 35.4 Å². The van der Waals surface area contributed by atoms with Crippen molar-refractivity contribution < 1.29 is 0 Å². The summed E-state index contributed by atoms with van der Waals surface area (Å²) in [7, 11) is 0. The number of nitrogens with zero attached hydrogens (tertiary/aromatic N) is 2. The van der Waals surface area contributed by atoms with Crippen LogP contribution in [-0.2, 0) is 0 Å². The van der Waals surface area contributed by atoms with Crippen LogP contribution in [0.1, 0.15) is 11.4 Å². The minimum atomic E-state index is 0.230. The van der Waals surface area contributed by atoms with E-state index in [1.807, 2.05) is 36.5 Å². The Morgan fingerprint density at radius 1 is 0.714 bits per heavy atom. The highest BCUT2D eigenvalue weighted by molar-refractivity contribution is 6.40. The van der Waals surface area contributed by atoms with E-state index in [0.29, 0.717) is 0 Å². The summed E-state index contributed by atoms with van der Waals surface area (Å²) < 4.78 is 0. The molecule has 0 saturated carbocycles. The second-order valence-corrected chi connectivity index (χ2v) is 3.39. The zero-order chi connectivity index (χ0) is 9.97. The fourth-order valence-corrected chi connectivity index (χ4v) is 1.35. The molecule has 0 radical (unpaired) electrons. The van der Waals surface area contributed by atoms with Crippen molar-refractivity contribution in [2.45, 2.75) is 0 Å². The molecular formula is C10H6Cl2N2. The number of aromatic nitrogens is 2. The summed E-state index contributed by atoms with van der Waals surface area (Å²) in [5.41, 5.74) is 1.44. The molecule has 0 fully saturated rings. The predicted octanol–water partition coefficient (Wildman–Crippen LogP) is 3.38. The monoisotopic (exact) mass is 224 g/mol. The maximum absolute atomic E-state index is 5.76. The van der Waals surface area contributed by atoms with Crippen molar-refractivity contribution in [3.05, 3.63) is 46.0 Å². The van der Waals surface area contributed by atoms with Crippen LogP contribution in [0.15, 0.2) is 24.3 Å². The van der Waals surface area contributed by atoms with Crippen LogP contribution in [-0.4, -0.2) is 9.97 Å². The normalized spacial score (nSPS) is 20.4. The standard InChI is InChI=1S/C10H6Cl2N2/c11-9-10(12)14-8-6-4-2-1-3-5-7(8)13-9/h1-6H/b2-1-,3-1?,4-2?,5-3-,6-4-,7-5?,8-6?. The minimum absolute atomic E-state index is 0.230. The molecule has 1 aliphatic carbocycles. The third-order valence-corrected chi connectivity index (χ3v) is 2.34. The number of hydrogen-bond donors (Lipinski definition) is 0. The molecular weight excluding hydrogens is 219 g/mol. The van der Waals surface area contributed by atoms with E-state index >= 15 is 0 Å². The van der Waals surface area contributed by atoms with Gasteiger partial charge < -0.3 is 0 Å². The molecule has 1 aromatic rings. The van der Waals surface area contributed by atoms with Gasteiger partial charge in [-0.05, 0) is 12.2 Å². The number of halogens is 2. The van der Waals surface area contributed by atoms with Crippen LogP contribution >= 0.6 is 23.2 Å². The summed E-state index contributed by atoms with van der Waals surface area (Å²) in [6, 6.07) is 0. The van der Waals surface area contributed by atoms with Crippen molar-refractivity contribution in [3.63, 3.8) is 0 Å². The highest BCUT2D eigenvalue weighted by Crippen LogP contribution is 2.21. The zero-order valence-electron chi connectivity index (χ0n) is 7.11. The highest BCUT2D eigenvalue weighted by atomic mass is 35.5. The van der Waals surface area contributed by atoms with Crippen LogP contribution < -0.4 is 0 Å². The lowest BCUT2D eigenvalue weighted by Crippen LogP contribution is -1.94. The fourth-order valence-electron chi connectivity index (χ4n) is 1.09. The molecule has 0 unspecified atom stereocenters. The van der Waals surface area contributed by atoms with Gasteiger partial charge in [-0.3, -0.25) is 0 Å². The van der Waals surface area contributed by atoms with Gasteiger partial charge in [0, 0.05) is 0 Å². The molecule has 0 aliphatic heterocycles. The summed E-state index contributed by atoms with van der Waals surface area (Å²) in [5, 5.41) is 0.459. The lowest BCUT2D eigenvalue weighted by Gasteiger charge is -2.02. The smallest absolute Gasteiger partial charge is 0.167 e. The molecule has 70 valence electrons. The average Bonchev–Trinajstić information content (AvgIpc) is 2.13. The Morgan fingerprint density at radius 2 is 1.14 bits per heavy atom. The summed E-state index contributed by atoms with van der Waals surface area (Å²) >= 11 is 11.5. The van der Waals surface area contributed by atoms with E-state index in [9.17, 15) is 0 Å². The van der Waals surface area contributed by atoms with E-state index in [1.165, 1.54) is 0 Å². The Hall–Kier alpha value is -1.12. The van der Waals surface area contributed by atoms with Gasteiger partial charge in [-0.2, -0.15) is 0 Å². The van der Waals surface area contributed by atoms with Crippen LogP contribution in [0.3, 0.4) is 0 Å². The molecule has 1 heterocycles. The number of allylic oxidation sites excluding steroid dienone is 4. The molecule has 0 atom stereocenters. The van der Waals surface area contributed by atoms with Crippen LogP contribution in [0.2, 0.25) is 10.3 Å². The first-order valence-electron chi connectivity index (χ1n) is 4.02. The van der Waals surface area contributed by atoms with Gasteiger partial charge in [-0.15, -0.1) is 0 Å². The number of hydrogen-bond acceptors (Lipinski definition) is 2. The SMILES string of the molecule is Clc1nc2c(nc1Cl)\C=C/C=C\C=C/2.